The van der Waals surface area contributed by atoms with Crippen molar-refractivity contribution in [3.8, 4) is 6.07 Å². The van der Waals surface area contributed by atoms with Crippen LogP contribution in [0.25, 0.3) is 0 Å². The Balaban J connectivity index is 1.49. The monoisotopic (exact) mass is 360 g/mol. The van der Waals surface area contributed by atoms with E-state index >= 15 is 0 Å². The van der Waals surface area contributed by atoms with Gasteiger partial charge in [0.05, 0.1) is 18.0 Å². The van der Waals surface area contributed by atoms with Crippen molar-refractivity contribution < 1.29 is 0 Å². The molecule has 1 aromatic heterocycles. The van der Waals surface area contributed by atoms with Crippen LogP contribution in [0.15, 0.2) is 6.20 Å². The van der Waals surface area contributed by atoms with Crippen molar-refractivity contribution in [3.63, 3.8) is 0 Å². The number of nitrogens with zero attached hydrogens (tertiary/aromatic N) is 6. The highest BCUT2D eigenvalue weighted by Crippen LogP contribution is 2.38. The van der Waals surface area contributed by atoms with Crippen LogP contribution in [0.2, 0.25) is 5.28 Å². The number of aromatic nitrogens is 2. The van der Waals surface area contributed by atoms with Gasteiger partial charge in [0.1, 0.15) is 5.82 Å². The third kappa shape index (κ3) is 2.99. The zero-order valence-corrected chi connectivity index (χ0v) is 15.7. The van der Waals surface area contributed by atoms with Crippen molar-refractivity contribution in [2.45, 2.75) is 38.3 Å². The molecule has 3 saturated heterocycles. The summed E-state index contributed by atoms with van der Waals surface area (Å²) < 4.78 is 0. The van der Waals surface area contributed by atoms with Crippen molar-refractivity contribution in [2.24, 2.45) is 5.92 Å². The summed E-state index contributed by atoms with van der Waals surface area (Å²) in [6.45, 7) is 10.5. The molecule has 6 nitrogen and oxygen atoms in total. The Bertz CT molecular complexity index is 695. The van der Waals surface area contributed by atoms with Gasteiger partial charge in [-0.25, -0.2) is 9.97 Å². The standard InChI is InChI=1S/C18H25ClN6/c1-13-7-15-10-25(6-5-23(15)9-13)18(3-4-20)11-24(12-18)16-14(2)8-21-17(19)22-16/h8,13,15H,3,5-7,9-12H2,1-2H3/t13-,15+/m1/s1. The summed E-state index contributed by atoms with van der Waals surface area (Å²) in [6.07, 6.45) is 3.63. The molecule has 25 heavy (non-hydrogen) atoms. The summed E-state index contributed by atoms with van der Waals surface area (Å²) in [5, 5.41) is 9.71. The van der Waals surface area contributed by atoms with Crippen molar-refractivity contribution in [3.05, 3.63) is 17.0 Å². The van der Waals surface area contributed by atoms with Gasteiger partial charge in [0, 0.05) is 57.1 Å². The Morgan fingerprint density at radius 3 is 2.92 bits per heavy atom. The Labute approximate surface area is 154 Å². The van der Waals surface area contributed by atoms with Gasteiger partial charge in [0.2, 0.25) is 5.28 Å². The Morgan fingerprint density at radius 2 is 2.16 bits per heavy atom. The second-order valence-corrected chi connectivity index (χ2v) is 8.33. The van der Waals surface area contributed by atoms with E-state index in [9.17, 15) is 5.26 Å². The molecule has 3 aliphatic heterocycles. The Morgan fingerprint density at radius 1 is 1.36 bits per heavy atom. The molecule has 3 aliphatic rings. The lowest BCUT2D eigenvalue weighted by molar-refractivity contribution is -0.000607. The highest BCUT2D eigenvalue weighted by Gasteiger charge is 2.50. The lowest BCUT2D eigenvalue weighted by Crippen LogP contribution is -2.73. The molecule has 0 aliphatic carbocycles. The van der Waals surface area contributed by atoms with Gasteiger partial charge in [0.25, 0.3) is 0 Å². The van der Waals surface area contributed by atoms with Gasteiger partial charge in [-0.2, -0.15) is 5.26 Å². The highest BCUT2D eigenvalue weighted by atomic mass is 35.5. The number of fused-ring (bicyclic) bond motifs is 1. The number of piperazine rings is 1. The fourth-order valence-electron chi connectivity index (χ4n) is 4.84. The van der Waals surface area contributed by atoms with Crippen molar-refractivity contribution in [2.75, 3.05) is 44.2 Å². The molecule has 1 aromatic rings. The Hall–Kier alpha value is -1.42. The molecular formula is C18H25ClN6. The van der Waals surface area contributed by atoms with Gasteiger partial charge < -0.3 is 4.90 Å². The number of rotatable bonds is 3. The van der Waals surface area contributed by atoms with Gasteiger partial charge in [0.15, 0.2) is 0 Å². The van der Waals surface area contributed by atoms with E-state index in [1.807, 2.05) is 6.92 Å². The lowest BCUT2D eigenvalue weighted by atomic mass is 9.83. The molecule has 7 heteroatoms. The number of anilines is 1. The fraction of sp³-hybridized carbons (Fsp3) is 0.722. The maximum atomic E-state index is 9.43. The van der Waals surface area contributed by atoms with Crippen LogP contribution < -0.4 is 4.90 Å². The van der Waals surface area contributed by atoms with Gasteiger partial charge in [-0.05, 0) is 30.9 Å². The number of hydrogen-bond donors (Lipinski definition) is 0. The Kier molecular flexibility index (Phi) is 4.35. The second kappa shape index (κ2) is 6.39. The van der Waals surface area contributed by atoms with Crippen molar-refractivity contribution >= 4 is 17.4 Å². The van der Waals surface area contributed by atoms with E-state index in [2.05, 4.69) is 37.7 Å². The van der Waals surface area contributed by atoms with Gasteiger partial charge >= 0.3 is 0 Å². The predicted octanol–water partition coefficient (Wildman–Crippen LogP) is 1.94. The summed E-state index contributed by atoms with van der Waals surface area (Å²) in [4.78, 5) is 15.9. The summed E-state index contributed by atoms with van der Waals surface area (Å²) in [6, 6.07) is 3.09. The quantitative estimate of drug-likeness (QED) is 0.768. The molecule has 3 fully saturated rings. The minimum Gasteiger partial charge on any atom is -0.352 e. The number of hydrogen-bond acceptors (Lipinski definition) is 6. The number of aryl methyl sites for hydroxylation is 1. The van der Waals surface area contributed by atoms with Crippen LogP contribution in [0.5, 0.6) is 0 Å². The second-order valence-electron chi connectivity index (χ2n) is 8.00. The summed E-state index contributed by atoms with van der Waals surface area (Å²) in [5.41, 5.74) is 0.987. The van der Waals surface area contributed by atoms with Crippen LogP contribution in [0.1, 0.15) is 25.3 Å². The molecule has 2 atom stereocenters. The third-order valence-electron chi connectivity index (χ3n) is 6.09. The molecule has 0 spiro atoms. The first-order valence-electron chi connectivity index (χ1n) is 9.11. The first-order valence-corrected chi connectivity index (χ1v) is 9.49. The van der Waals surface area contributed by atoms with E-state index in [1.54, 1.807) is 6.20 Å². The van der Waals surface area contributed by atoms with Crippen LogP contribution in [-0.2, 0) is 0 Å². The fourth-order valence-corrected chi connectivity index (χ4v) is 4.97. The van der Waals surface area contributed by atoms with E-state index in [-0.39, 0.29) is 10.8 Å². The van der Waals surface area contributed by atoms with E-state index in [4.69, 9.17) is 11.6 Å². The van der Waals surface area contributed by atoms with Crippen molar-refractivity contribution in [1.29, 1.82) is 5.26 Å². The smallest absolute Gasteiger partial charge is 0.224 e. The minimum absolute atomic E-state index is 0.0451. The van der Waals surface area contributed by atoms with Crippen LogP contribution in [0.3, 0.4) is 0 Å². The molecule has 0 aromatic carbocycles. The molecule has 0 bridgehead atoms. The van der Waals surface area contributed by atoms with E-state index in [0.717, 1.165) is 50.0 Å². The first-order chi connectivity index (χ1) is 12.0. The minimum atomic E-state index is -0.0451. The van der Waals surface area contributed by atoms with Crippen LogP contribution in [-0.4, -0.2) is 70.6 Å². The largest absolute Gasteiger partial charge is 0.352 e. The molecule has 0 saturated carbocycles. The van der Waals surface area contributed by atoms with Crippen LogP contribution in [0, 0.1) is 24.2 Å². The number of halogens is 1. The molecular weight excluding hydrogens is 336 g/mol. The molecule has 0 amide bonds. The molecule has 134 valence electrons. The van der Waals surface area contributed by atoms with Crippen molar-refractivity contribution in [1.82, 2.24) is 19.8 Å². The maximum absolute atomic E-state index is 9.43. The average Bonchev–Trinajstić information content (AvgIpc) is 2.92. The SMILES string of the molecule is Cc1cnc(Cl)nc1N1CC(CC#N)(N2CCN3C[C@H](C)C[C@H]3C2)C1. The van der Waals surface area contributed by atoms with Crippen LogP contribution >= 0.6 is 11.6 Å². The molecule has 4 heterocycles. The van der Waals surface area contributed by atoms with E-state index in [0.29, 0.717) is 12.5 Å². The zero-order valence-electron chi connectivity index (χ0n) is 15.0. The normalized spacial score (nSPS) is 29.1. The van der Waals surface area contributed by atoms with Gasteiger partial charge in [-0.15, -0.1) is 0 Å². The number of nitriles is 1. The first kappa shape index (κ1) is 17.0. The molecule has 0 radical (unpaired) electrons. The topological polar surface area (TPSA) is 59.3 Å². The summed E-state index contributed by atoms with van der Waals surface area (Å²) >= 11 is 5.98. The predicted molar refractivity (Wildman–Crippen MR) is 97.7 cm³/mol. The lowest BCUT2D eigenvalue weighted by Gasteiger charge is -2.58. The van der Waals surface area contributed by atoms with E-state index < -0.39 is 0 Å². The molecule has 4 rings (SSSR count). The summed E-state index contributed by atoms with van der Waals surface area (Å²) in [5.74, 6) is 1.70. The highest BCUT2D eigenvalue weighted by molar-refractivity contribution is 6.28. The van der Waals surface area contributed by atoms with Gasteiger partial charge in [-0.1, -0.05) is 6.92 Å². The average molecular weight is 361 g/mol. The van der Waals surface area contributed by atoms with Gasteiger partial charge in [-0.3, -0.25) is 9.80 Å². The molecule has 0 N–H and O–H groups in total. The summed E-state index contributed by atoms with van der Waals surface area (Å²) in [7, 11) is 0. The third-order valence-corrected chi connectivity index (χ3v) is 6.27. The van der Waals surface area contributed by atoms with Crippen LogP contribution in [0.4, 0.5) is 5.82 Å². The zero-order chi connectivity index (χ0) is 17.6. The molecule has 0 unspecified atom stereocenters. The maximum Gasteiger partial charge on any atom is 0.224 e. The van der Waals surface area contributed by atoms with E-state index in [1.165, 1.54) is 13.0 Å².